The predicted molar refractivity (Wildman–Crippen MR) is 53.9 cm³/mol. The largest absolute Gasteiger partial charge is 0.478 e. The number of carbonyl (C=O) groups excluding carboxylic acids is 1. The van der Waals surface area contributed by atoms with Crippen molar-refractivity contribution in [3.63, 3.8) is 0 Å². The van der Waals surface area contributed by atoms with Crippen LogP contribution in [0.15, 0.2) is 24.3 Å². The second-order valence-electron chi connectivity index (χ2n) is 2.93. The minimum absolute atomic E-state index is 0.0294. The molecule has 0 spiro atoms. The Balaban J connectivity index is 3.13. The fourth-order valence-corrected chi connectivity index (χ4v) is 1.19. The van der Waals surface area contributed by atoms with Gasteiger partial charge in [0.2, 0.25) is 0 Å². The van der Waals surface area contributed by atoms with Crippen LogP contribution in [0.1, 0.15) is 10.4 Å². The Morgan fingerprint density at radius 3 is 2.47 bits per heavy atom. The molecule has 0 fully saturated rings. The van der Waals surface area contributed by atoms with E-state index in [4.69, 9.17) is 10.2 Å². The lowest BCUT2D eigenvalue weighted by atomic mass is 10.1. The quantitative estimate of drug-likeness (QED) is 0.752. The average molecular weight is 209 g/mol. The maximum Gasteiger partial charge on any atom is 0.337 e. The van der Waals surface area contributed by atoms with E-state index in [2.05, 4.69) is 0 Å². The van der Waals surface area contributed by atoms with Crippen LogP contribution in [0.25, 0.3) is 0 Å². The molecule has 0 aliphatic rings. The Morgan fingerprint density at radius 2 is 1.93 bits per heavy atom. The van der Waals surface area contributed by atoms with Crippen molar-refractivity contribution in [2.24, 2.45) is 0 Å². The van der Waals surface area contributed by atoms with Gasteiger partial charge in [0.05, 0.1) is 11.3 Å². The van der Waals surface area contributed by atoms with Gasteiger partial charge in [-0.2, -0.15) is 0 Å². The molecule has 80 valence electrons. The van der Waals surface area contributed by atoms with Crippen LogP contribution < -0.4 is 4.90 Å². The number of benzene rings is 1. The first-order valence-corrected chi connectivity index (χ1v) is 4.27. The number of aliphatic hydroxyl groups excluding tert-OH is 1. The first-order chi connectivity index (χ1) is 7.07. The highest BCUT2D eigenvalue weighted by Crippen LogP contribution is 2.18. The fourth-order valence-electron chi connectivity index (χ4n) is 1.19. The number of anilines is 1. The number of carboxylic acids is 1. The first-order valence-electron chi connectivity index (χ1n) is 4.27. The summed E-state index contributed by atoms with van der Waals surface area (Å²) in [6.45, 7) is -0.648. The van der Waals surface area contributed by atoms with Gasteiger partial charge in [0.25, 0.3) is 5.91 Å². The van der Waals surface area contributed by atoms with Crippen molar-refractivity contribution in [2.45, 2.75) is 0 Å². The molecule has 0 saturated heterocycles. The molecule has 15 heavy (non-hydrogen) atoms. The standard InChI is InChI=1S/C10H11NO4/c1-11(9(13)6-12)8-5-3-2-4-7(8)10(14)15/h2-5,12H,6H2,1H3,(H,14,15). The number of hydrogen-bond acceptors (Lipinski definition) is 3. The molecule has 0 aliphatic heterocycles. The number of carbonyl (C=O) groups is 2. The molecule has 0 radical (unpaired) electrons. The van der Waals surface area contributed by atoms with Crippen LogP contribution in [-0.4, -0.2) is 35.7 Å². The maximum atomic E-state index is 11.2. The lowest BCUT2D eigenvalue weighted by Gasteiger charge is -2.17. The zero-order chi connectivity index (χ0) is 11.4. The zero-order valence-corrected chi connectivity index (χ0v) is 8.17. The third-order valence-electron chi connectivity index (χ3n) is 2.01. The van der Waals surface area contributed by atoms with E-state index in [1.807, 2.05) is 0 Å². The van der Waals surface area contributed by atoms with Crippen molar-refractivity contribution < 1.29 is 19.8 Å². The maximum absolute atomic E-state index is 11.2. The summed E-state index contributed by atoms with van der Waals surface area (Å²) >= 11 is 0. The Bertz CT molecular complexity index is 389. The van der Waals surface area contributed by atoms with Gasteiger partial charge in [0.15, 0.2) is 0 Å². The topological polar surface area (TPSA) is 77.8 Å². The van der Waals surface area contributed by atoms with Gasteiger partial charge >= 0.3 is 5.97 Å². The highest BCUT2D eigenvalue weighted by molar-refractivity contribution is 6.01. The second-order valence-corrected chi connectivity index (χ2v) is 2.93. The normalized spacial score (nSPS) is 9.73. The lowest BCUT2D eigenvalue weighted by Crippen LogP contribution is -2.30. The molecule has 0 aromatic heterocycles. The van der Waals surface area contributed by atoms with Crippen molar-refractivity contribution in [3.05, 3.63) is 29.8 Å². The van der Waals surface area contributed by atoms with Gasteiger partial charge < -0.3 is 15.1 Å². The van der Waals surface area contributed by atoms with E-state index in [1.54, 1.807) is 12.1 Å². The van der Waals surface area contributed by atoms with E-state index < -0.39 is 18.5 Å². The molecule has 2 N–H and O–H groups in total. The summed E-state index contributed by atoms with van der Waals surface area (Å²) in [5, 5.41) is 17.5. The van der Waals surface area contributed by atoms with E-state index in [-0.39, 0.29) is 11.3 Å². The van der Waals surface area contributed by atoms with Crippen LogP contribution >= 0.6 is 0 Å². The molecule has 0 atom stereocenters. The van der Waals surface area contributed by atoms with Gasteiger partial charge in [0.1, 0.15) is 6.61 Å². The molecule has 0 saturated carbocycles. The summed E-state index contributed by atoms with van der Waals surface area (Å²) in [5.74, 6) is -1.66. The van der Waals surface area contributed by atoms with Crippen molar-refractivity contribution in [3.8, 4) is 0 Å². The molecular formula is C10H11NO4. The molecule has 1 aromatic carbocycles. The average Bonchev–Trinajstić information content (AvgIpc) is 2.27. The molecular weight excluding hydrogens is 198 g/mol. The molecule has 0 aliphatic carbocycles. The van der Waals surface area contributed by atoms with Crippen LogP contribution in [0.2, 0.25) is 0 Å². The van der Waals surface area contributed by atoms with Gasteiger partial charge in [-0.3, -0.25) is 4.79 Å². The number of aromatic carboxylic acids is 1. The van der Waals surface area contributed by atoms with Crippen LogP contribution in [-0.2, 0) is 4.79 Å². The number of nitrogens with zero attached hydrogens (tertiary/aromatic N) is 1. The smallest absolute Gasteiger partial charge is 0.337 e. The Labute approximate surface area is 86.6 Å². The van der Waals surface area contributed by atoms with Crippen molar-refractivity contribution in [2.75, 3.05) is 18.6 Å². The minimum Gasteiger partial charge on any atom is -0.478 e. The molecule has 0 unspecified atom stereocenters. The third kappa shape index (κ3) is 2.32. The van der Waals surface area contributed by atoms with Gasteiger partial charge in [0, 0.05) is 7.05 Å². The summed E-state index contributed by atoms with van der Waals surface area (Å²) in [5.41, 5.74) is 0.297. The van der Waals surface area contributed by atoms with E-state index in [0.29, 0.717) is 0 Å². The van der Waals surface area contributed by atoms with E-state index in [0.717, 1.165) is 4.90 Å². The van der Waals surface area contributed by atoms with Crippen molar-refractivity contribution in [1.29, 1.82) is 0 Å². The van der Waals surface area contributed by atoms with Gasteiger partial charge in [-0.15, -0.1) is 0 Å². The third-order valence-corrected chi connectivity index (χ3v) is 2.01. The van der Waals surface area contributed by atoms with Crippen LogP contribution in [0.4, 0.5) is 5.69 Å². The van der Waals surface area contributed by atoms with Gasteiger partial charge in [-0.25, -0.2) is 4.79 Å². The fraction of sp³-hybridized carbons (Fsp3) is 0.200. The number of likely N-dealkylation sites (N-methyl/N-ethyl adjacent to an activating group) is 1. The monoisotopic (exact) mass is 209 g/mol. The van der Waals surface area contributed by atoms with E-state index >= 15 is 0 Å². The predicted octanol–water partition coefficient (Wildman–Crippen LogP) is 0.340. The highest BCUT2D eigenvalue weighted by atomic mass is 16.4. The first kappa shape index (κ1) is 11.2. The summed E-state index contributed by atoms with van der Waals surface area (Å²) < 4.78 is 0. The minimum atomic E-state index is -1.11. The summed E-state index contributed by atoms with van der Waals surface area (Å²) in [4.78, 5) is 23.1. The molecule has 5 nitrogen and oxygen atoms in total. The number of hydrogen-bond donors (Lipinski definition) is 2. The van der Waals surface area contributed by atoms with Crippen LogP contribution in [0.3, 0.4) is 0 Å². The Hall–Kier alpha value is -1.88. The zero-order valence-electron chi connectivity index (χ0n) is 8.17. The number of carboxylic acid groups (broad SMARTS) is 1. The molecule has 1 aromatic rings. The SMILES string of the molecule is CN(C(=O)CO)c1ccccc1C(=O)O. The van der Waals surface area contributed by atoms with Crippen molar-refractivity contribution >= 4 is 17.6 Å². The van der Waals surface area contributed by atoms with Crippen LogP contribution in [0.5, 0.6) is 0 Å². The number of aliphatic hydroxyl groups is 1. The second kappa shape index (κ2) is 4.56. The number of amides is 1. The Morgan fingerprint density at radius 1 is 1.33 bits per heavy atom. The Kier molecular flexibility index (Phi) is 3.41. The van der Waals surface area contributed by atoms with Gasteiger partial charge in [-0.1, -0.05) is 12.1 Å². The summed E-state index contributed by atoms with van der Waals surface area (Å²) in [6.07, 6.45) is 0. The van der Waals surface area contributed by atoms with Crippen molar-refractivity contribution in [1.82, 2.24) is 0 Å². The lowest BCUT2D eigenvalue weighted by molar-refractivity contribution is -0.120. The van der Waals surface area contributed by atoms with Crippen LogP contribution in [0, 0.1) is 0 Å². The molecule has 1 rings (SSSR count). The summed E-state index contributed by atoms with van der Waals surface area (Å²) in [6, 6.07) is 6.11. The molecule has 0 heterocycles. The molecule has 0 bridgehead atoms. The van der Waals surface area contributed by atoms with E-state index in [1.165, 1.54) is 19.2 Å². The molecule has 5 heteroatoms. The number of para-hydroxylation sites is 1. The van der Waals surface area contributed by atoms with Gasteiger partial charge in [-0.05, 0) is 12.1 Å². The summed E-state index contributed by atoms with van der Waals surface area (Å²) in [7, 11) is 1.42. The number of rotatable bonds is 3. The van der Waals surface area contributed by atoms with E-state index in [9.17, 15) is 9.59 Å². The molecule has 1 amide bonds. The highest BCUT2D eigenvalue weighted by Gasteiger charge is 2.16.